The third-order valence-corrected chi connectivity index (χ3v) is 5.28. The molecule has 2 aromatic carbocycles. The molecule has 5 heteroatoms. The molecule has 1 heterocycles. The van der Waals surface area contributed by atoms with Crippen molar-refractivity contribution in [2.24, 2.45) is 7.05 Å². The lowest BCUT2D eigenvalue weighted by Crippen LogP contribution is -2.04. The fourth-order valence-electron chi connectivity index (χ4n) is 2.67. The van der Waals surface area contributed by atoms with Crippen LogP contribution in [0, 0.1) is 6.92 Å². The summed E-state index contributed by atoms with van der Waals surface area (Å²) >= 11 is 1.66. The predicted molar refractivity (Wildman–Crippen MR) is 101 cm³/mol. The van der Waals surface area contributed by atoms with Crippen molar-refractivity contribution >= 4 is 17.5 Å². The lowest BCUT2D eigenvalue weighted by molar-refractivity contribution is 0.0993. The molecule has 1 aromatic heterocycles. The number of hydrogen-bond acceptors (Lipinski definition) is 4. The molecule has 128 valence electrons. The van der Waals surface area contributed by atoms with Gasteiger partial charge in [0.1, 0.15) is 6.33 Å². The van der Waals surface area contributed by atoms with Gasteiger partial charge in [0, 0.05) is 24.3 Å². The molecule has 0 unspecified atom stereocenters. The monoisotopic (exact) mass is 351 g/mol. The molecule has 0 aliphatic carbocycles. The van der Waals surface area contributed by atoms with Gasteiger partial charge in [-0.3, -0.25) is 4.79 Å². The molecule has 0 radical (unpaired) electrons. The van der Waals surface area contributed by atoms with E-state index in [0.29, 0.717) is 6.42 Å². The van der Waals surface area contributed by atoms with Gasteiger partial charge in [0.05, 0.1) is 0 Å². The van der Waals surface area contributed by atoms with Gasteiger partial charge in [-0.2, -0.15) is 0 Å². The van der Waals surface area contributed by atoms with Gasteiger partial charge in [0.15, 0.2) is 10.9 Å². The van der Waals surface area contributed by atoms with Gasteiger partial charge < -0.3 is 4.57 Å². The highest BCUT2D eigenvalue weighted by molar-refractivity contribution is 7.99. The van der Waals surface area contributed by atoms with Crippen molar-refractivity contribution in [2.75, 3.05) is 0 Å². The molecule has 0 aliphatic heterocycles. The SMILES string of the molecule is Cc1cccc(C(=O)Cc2cccc([C@H](C)Sc3nncn3C)c2)c1. The largest absolute Gasteiger partial charge is 0.312 e. The Kier molecular flexibility index (Phi) is 5.34. The number of rotatable bonds is 6. The van der Waals surface area contributed by atoms with Crippen LogP contribution in [0.2, 0.25) is 0 Å². The van der Waals surface area contributed by atoms with E-state index in [1.54, 1.807) is 18.1 Å². The smallest absolute Gasteiger partial charge is 0.191 e. The molecule has 0 fully saturated rings. The van der Waals surface area contributed by atoms with Crippen molar-refractivity contribution in [3.63, 3.8) is 0 Å². The maximum absolute atomic E-state index is 12.5. The fraction of sp³-hybridized carbons (Fsp3) is 0.250. The Morgan fingerprint density at radius 3 is 2.72 bits per heavy atom. The van der Waals surface area contributed by atoms with E-state index < -0.39 is 0 Å². The van der Waals surface area contributed by atoms with E-state index in [0.717, 1.165) is 21.8 Å². The summed E-state index contributed by atoms with van der Waals surface area (Å²) in [6, 6.07) is 16.0. The molecular weight excluding hydrogens is 330 g/mol. The Labute approximate surface area is 152 Å². The van der Waals surface area contributed by atoms with Crippen LogP contribution < -0.4 is 0 Å². The van der Waals surface area contributed by atoms with E-state index in [4.69, 9.17) is 0 Å². The van der Waals surface area contributed by atoms with Crippen LogP contribution in [-0.2, 0) is 13.5 Å². The third kappa shape index (κ3) is 4.37. The van der Waals surface area contributed by atoms with Crippen LogP contribution in [0.5, 0.6) is 0 Å². The van der Waals surface area contributed by atoms with E-state index in [-0.39, 0.29) is 11.0 Å². The molecule has 3 rings (SSSR count). The van der Waals surface area contributed by atoms with E-state index in [1.165, 1.54) is 5.56 Å². The summed E-state index contributed by atoms with van der Waals surface area (Å²) in [7, 11) is 1.94. The van der Waals surface area contributed by atoms with Crippen molar-refractivity contribution in [2.45, 2.75) is 30.7 Å². The standard InChI is InChI=1S/C20H21N3OS/c1-14-6-4-9-18(10-14)19(24)12-16-7-5-8-17(11-16)15(2)25-20-22-21-13-23(20)3/h4-11,13,15H,12H2,1-3H3/t15-/m0/s1. The number of thioether (sulfide) groups is 1. The van der Waals surface area contributed by atoms with Gasteiger partial charge in [0.25, 0.3) is 0 Å². The van der Waals surface area contributed by atoms with Gasteiger partial charge in [0.2, 0.25) is 0 Å². The van der Waals surface area contributed by atoms with Gasteiger partial charge >= 0.3 is 0 Å². The van der Waals surface area contributed by atoms with Crippen LogP contribution in [0.1, 0.15) is 39.2 Å². The maximum Gasteiger partial charge on any atom is 0.191 e. The van der Waals surface area contributed by atoms with Crippen LogP contribution in [-0.4, -0.2) is 20.5 Å². The number of carbonyl (C=O) groups is 1. The first kappa shape index (κ1) is 17.4. The van der Waals surface area contributed by atoms with Crippen molar-refractivity contribution in [3.05, 3.63) is 77.1 Å². The first-order chi connectivity index (χ1) is 12.0. The van der Waals surface area contributed by atoms with Crippen LogP contribution >= 0.6 is 11.8 Å². The van der Waals surface area contributed by atoms with Crippen LogP contribution in [0.25, 0.3) is 0 Å². The summed E-state index contributed by atoms with van der Waals surface area (Å²) in [4.78, 5) is 12.5. The van der Waals surface area contributed by atoms with Gasteiger partial charge in [-0.15, -0.1) is 10.2 Å². The summed E-state index contributed by atoms with van der Waals surface area (Å²) in [5, 5.41) is 9.15. The maximum atomic E-state index is 12.5. The average molecular weight is 351 g/mol. The molecule has 0 saturated heterocycles. The van der Waals surface area contributed by atoms with Crippen LogP contribution in [0.4, 0.5) is 0 Å². The fourth-order valence-corrected chi connectivity index (χ4v) is 3.57. The second-order valence-electron chi connectivity index (χ2n) is 6.20. The van der Waals surface area contributed by atoms with Crippen molar-refractivity contribution in [3.8, 4) is 0 Å². The number of aryl methyl sites for hydroxylation is 2. The highest BCUT2D eigenvalue weighted by Gasteiger charge is 2.13. The normalized spacial score (nSPS) is 12.1. The summed E-state index contributed by atoms with van der Waals surface area (Å²) in [6.45, 7) is 4.14. The first-order valence-corrected chi connectivity index (χ1v) is 9.10. The first-order valence-electron chi connectivity index (χ1n) is 8.22. The average Bonchev–Trinajstić information content (AvgIpc) is 3.00. The Hall–Kier alpha value is -2.40. The second kappa shape index (κ2) is 7.66. The zero-order chi connectivity index (χ0) is 17.8. The lowest BCUT2D eigenvalue weighted by atomic mass is 10.00. The highest BCUT2D eigenvalue weighted by atomic mass is 32.2. The molecule has 1 atom stereocenters. The minimum Gasteiger partial charge on any atom is -0.312 e. The number of nitrogens with zero attached hydrogens (tertiary/aromatic N) is 3. The molecule has 25 heavy (non-hydrogen) atoms. The zero-order valence-corrected chi connectivity index (χ0v) is 15.5. The van der Waals surface area contributed by atoms with Crippen molar-refractivity contribution in [1.82, 2.24) is 14.8 Å². The third-order valence-electron chi connectivity index (χ3n) is 4.08. The summed E-state index contributed by atoms with van der Waals surface area (Å²) in [5.41, 5.74) is 4.09. The zero-order valence-electron chi connectivity index (χ0n) is 14.6. The quantitative estimate of drug-likeness (QED) is 0.488. The molecule has 0 aliphatic rings. The lowest BCUT2D eigenvalue weighted by Gasteiger charge is -2.12. The van der Waals surface area contributed by atoms with E-state index in [2.05, 4.69) is 29.3 Å². The number of ketones is 1. The topological polar surface area (TPSA) is 47.8 Å². The molecule has 0 saturated carbocycles. The number of aromatic nitrogens is 3. The molecule has 4 nitrogen and oxygen atoms in total. The minimum absolute atomic E-state index is 0.148. The van der Waals surface area contributed by atoms with Gasteiger partial charge in [-0.05, 0) is 31.0 Å². The van der Waals surface area contributed by atoms with Crippen LogP contribution in [0.15, 0.2) is 60.0 Å². The Bertz CT molecular complexity index is 888. The van der Waals surface area contributed by atoms with Gasteiger partial charge in [-0.1, -0.05) is 59.8 Å². The minimum atomic E-state index is 0.148. The molecule has 0 amide bonds. The number of hydrogen-bond donors (Lipinski definition) is 0. The molecule has 0 bridgehead atoms. The Morgan fingerprint density at radius 1 is 1.20 bits per heavy atom. The summed E-state index contributed by atoms with van der Waals surface area (Å²) < 4.78 is 1.91. The van der Waals surface area contributed by atoms with E-state index in [9.17, 15) is 4.79 Å². The predicted octanol–water partition coefficient (Wildman–Crippen LogP) is 4.40. The molecular formula is C20H21N3OS. The Morgan fingerprint density at radius 2 is 2.00 bits per heavy atom. The summed E-state index contributed by atoms with van der Waals surface area (Å²) in [5.74, 6) is 0.148. The van der Waals surface area contributed by atoms with Crippen molar-refractivity contribution in [1.29, 1.82) is 0 Å². The second-order valence-corrected chi connectivity index (χ2v) is 7.51. The number of benzene rings is 2. The summed E-state index contributed by atoms with van der Waals surface area (Å²) in [6.07, 6.45) is 2.12. The van der Waals surface area contributed by atoms with Gasteiger partial charge in [-0.25, -0.2) is 0 Å². The molecule has 0 N–H and O–H groups in total. The molecule has 3 aromatic rings. The Balaban J connectivity index is 1.73. The molecule has 0 spiro atoms. The highest BCUT2D eigenvalue weighted by Crippen LogP contribution is 2.33. The van der Waals surface area contributed by atoms with Crippen LogP contribution in [0.3, 0.4) is 0 Å². The number of Topliss-reactive ketones (excluding diaryl/α,β-unsaturated/α-hetero) is 1. The number of carbonyl (C=O) groups excluding carboxylic acids is 1. The van der Waals surface area contributed by atoms with E-state index in [1.807, 2.05) is 54.9 Å². The van der Waals surface area contributed by atoms with Crippen molar-refractivity contribution < 1.29 is 4.79 Å². The van der Waals surface area contributed by atoms with E-state index >= 15 is 0 Å².